The van der Waals surface area contributed by atoms with Crippen LogP contribution in [-0.4, -0.2) is 56.4 Å². The van der Waals surface area contributed by atoms with Gasteiger partial charge in [-0.1, -0.05) is 0 Å². The summed E-state index contributed by atoms with van der Waals surface area (Å²) >= 11 is 0. The number of ether oxygens (including phenoxy) is 2. The van der Waals surface area contributed by atoms with Crippen molar-refractivity contribution in [2.45, 2.75) is 38.1 Å². The van der Waals surface area contributed by atoms with Crippen LogP contribution in [-0.2, 0) is 0 Å². The van der Waals surface area contributed by atoms with E-state index >= 15 is 0 Å². The van der Waals surface area contributed by atoms with Crippen molar-refractivity contribution < 1.29 is 9.47 Å². The molecule has 0 bridgehead atoms. The molecular weight excluding hydrogens is 366 g/mol. The van der Waals surface area contributed by atoms with Crippen molar-refractivity contribution >= 4 is 17.3 Å². The predicted molar refractivity (Wildman–Crippen MR) is 116 cm³/mol. The molecule has 0 saturated carbocycles. The van der Waals surface area contributed by atoms with Crippen LogP contribution in [0.3, 0.4) is 0 Å². The van der Waals surface area contributed by atoms with E-state index in [2.05, 4.69) is 31.2 Å². The second-order valence-corrected chi connectivity index (χ2v) is 7.79. The second kappa shape index (κ2) is 9.20. The summed E-state index contributed by atoms with van der Waals surface area (Å²) in [6, 6.07) is 8.51. The Balaban J connectivity index is 1.36. The number of hydrogen-bond donors (Lipinski definition) is 1. The summed E-state index contributed by atoms with van der Waals surface area (Å²) in [5.41, 5.74) is 1.04. The van der Waals surface area contributed by atoms with Gasteiger partial charge in [-0.25, -0.2) is 9.97 Å². The minimum Gasteiger partial charge on any atom is -0.497 e. The van der Waals surface area contributed by atoms with E-state index in [0.717, 1.165) is 67.8 Å². The van der Waals surface area contributed by atoms with Crippen molar-refractivity contribution in [2.24, 2.45) is 0 Å². The molecule has 2 fully saturated rings. The average Bonchev–Trinajstić information content (AvgIpc) is 2.80. The van der Waals surface area contributed by atoms with Crippen LogP contribution in [0.1, 0.15) is 32.1 Å². The second-order valence-electron chi connectivity index (χ2n) is 7.79. The summed E-state index contributed by atoms with van der Waals surface area (Å²) in [5.74, 6) is 3.71. The summed E-state index contributed by atoms with van der Waals surface area (Å²) in [5, 5.41) is 3.64. The van der Waals surface area contributed by atoms with E-state index in [0.29, 0.717) is 6.04 Å². The number of rotatable bonds is 6. The highest BCUT2D eigenvalue weighted by atomic mass is 16.5. The molecule has 0 unspecified atom stereocenters. The fourth-order valence-electron chi connectivity index (χ4n) is 4.19. The van der Waals surface area contributed by atoms with Crippen LogP contribution in [0.2, 0.25) is 0 Å². The molecule has 1 N–H and O–H groups in total. The van der Waals surface area contributed by atoms with Crippen molar-refractivity contribution in [1.82, 2.24) is 9.97 Å². The molecule has 2 aliphatic heterocycles. The molecule has 1 aromatic carbocycles. The minimum atomic E-state index is 0.423. The summed E-state index contributed by atoms with van der Waals surface area (Å²) in [7, 11) is 3.35. The van der Waals surface area contributed by atoms with Crippen molar-refractivity contribution in [2.75, 3.05) is 55.5 Å². The lowest BCUT2D eigenvalue weighted by molar-refractivity contribution is 0.394. The Kier molecular flexibility index (Phi) is 6.22. The van der Waals surface area contributed by atoms with E-state index < -0.39 is 0 Å². The Morgan fingerprint density at radius 1 is 0.793 bits per heavy atom. The van der Waals surface area contributed by atoms with Gasteiger partial charge in [0.2, 0.25) is 0 Å². The number of nitrogens with zero attached hydrogens (tertiary/aromatic N) is 4. The van der Waals surface area contributed by atoms with E-state index in [4.69, 9.17) is 9.47 Å². The first-order chi connectivity index (χ1) is 14.2. The molecule has 4 rings (SSSR count). The molecule has 0 aliphatic carbocycles. The van der Waals surface area contributed by atoms with E-state index in [1.54, 1.807) is 20.5 Å². The highest BCUT2D eigenvalue weighted by molar-refractivity contribution is 5.55. The first-order valence-electron chi connectivity index (χ1n) is 10.6. The van der Waals surface area contributed by atoms with E-state index in [9.17, 15) is 0 Å². The van der Waals surface area contributed by atoms with Gasteiger partial charge in [0.25, 0.3) is 0 Å². The van der Waals surface area contributed by atoms with Crippen LogP contribution >= 0.6 is 0 Å². The average molecular weight is 398 g/mol. The number of benzene rings is 1. The van der Waals surface area contributed by atoms with E-state index in [1.165, 1.54) is 19.3 Å². The molecule has 3 heterocycles. The molecule has 29 heavy (non-hydrogen) atoms. The first-order valence-corrected chi connectivity index (χ1v) is 10.6. The maximum atomic E-state index is 5.38. The molecule has 0 radical (unpaired) electrons. The van der Waals surface area contributed by atoms with Gasteiger partial charge in [-0.15, -0.1) is 0 Å². The topological polar surface area (TPSA) is 62.8 Å². The molecule has 156 valence electrons. The maximum absolute atomic E-state index is 5.38. The summed E-state index contributed by atoms with van der Waals surface area (Å²) in [4.78, 5) is 13.8. The molecule has 2 aromatic rings. The minimum absolute atomic E-state index is 0.423. The van der Waals surface area contributed by atoms with Gasteiger partial charge in [0.15, 0.2) is 0 Å². The predicted octanol–water partition coefficient (Wildman–Crippen LogP) is 3.57. The first kappa shape index (κ1) is 19.6. The third-order valence-corrected chi connectivity index (χ3v) is 5.86. The lowest BCUT2D eigenvalue weighted by Crippen LogP contribution is -2.39. The number of nitrogens with one attached hydrogen (secondary N) is 1. The Labute approximate surface area is 173 Å². The van der Waals surface area contributed by atoms with Crippen LogP contribution in [0.15, 0.2) is 30.6 Å². The molecule has 0 amide bonds. The van der Waals surface area contributed by atoms with Gasteiger partial charge < -0.3 is 24.6 Å². The maximum Gasteiger partial charge on any atom is 0.134 e. The van der Waals surface area contributed by atoms with Crippen LogP contribution in [0.25, 0.3) is 0 Å². The lowest BCUT2D eigenvalue weighted by Gasteiger charge is -2.34. The summed E-state index contributed by atoms with van der Waals surface area (Å²) < 4.78 is 10.8. The molecule has 0 atom stereocenters. The fraction of sp³-hybridized carbons (Fsp3) is 0.545. The Hall–Kier alpha value is -2.70. The summed E-state index contributed by atoms with van der Waals surface area (Å²) in [6.45, 7) is 4.17. The van der Waals surface area contributed by atoms with Crippen molar-refractivity contribution in [1.29, 1.82) is 0 Å². The zero-order valence-corrected chi connectivity index (χ0v) is 17.4. The highest BCUT2D eigenvalue weighted by Crippen LogP contribution is 2.28. The molecule has 2 saturated heterocycles. The number of methoxy groups -OCH3 is 2. The number of hydrogen-bond acceptors (Lipinski definition) is 7. The van der Waals surface area contributed by atoms with Crippen molar-refractivity contribution in [3.8, 4) is 11.5 Å². The number of piperidine rings is 2. The molecule has 7 nitrogen and oxygen atoms in total. The fourth-order valence-corrected chi connectivity index (χ4v) is 4.19. The van der Waals surface area contributed by atoms with Crippen LogP contribution < -0.4 is 24.6 Å². The zero-order valence-electron chi connectivity index (χ0n) is 17.4. The van der Waals surface area contributed by atoms with E-state index in [1.807, 2.05) is 18.2 Å². The third kappa shape index (κ3) is 4.83. The third-order valence-electron chi connectivity index (χ3n) is 5.86. The van der Waals surface area contributed by atoms with Gasteiger partial charge in [-0.2, -0.15) is 0 Å². The smallest absolute Gasteiger partial charge is 0.134 e. The Bertz CT molecular complexity index is 779. The number of aromatic nitrogens is 2. The van der Waals surface area contributed by atoms with E-state index in [-0.39, 0.29) is 0 Å². The van der Waals surface area contributed by atoms with Gasteiger partial charge in [0.05, 0.1) is 14.2 Å². The summed E-state index contributed by atoms with van der Waals surface area (Å²) in [6.07, 6.45) is 7.67. The molecule has 1 aromatic heterocycles. The zero-order chi connectivity index (χ0) is 20.1. The lowest BCUT2D eigenvalue weighted by atomic mass is 10.0. The van der Waals surface area contributed by atoms with Gasteiger partial charge in [0.1, 0.15) is 29.5 Å². The standard InChI is InChI=1S/C22H31N5O2/c1-28-19-12-18(13-20(14-19)29-2)25-17-6-10-27(11-7-17)22-15-21(23-16-24-22)26-8-4-3-5-9-26/h12-17,25H,3-11H2,1-2H3. The highest BCUT2D eigenvalue weighted by Gasteiger charge is 2.22. The van der Waals surface area contributed by atoms with Crippen molar-refractivity contribution in [3.63, 3.8) is 0 Å². The SMILES string of the molecule is COc1cc(NC2CCN(c3cc(N4CCCCC4)ncn3)CC2)cc(OC)c1. The molecule has 7 heteroatoms. The van der Waals surface area contributed by atoms with Crippen LogP contribution in [0.4, 0.5) is 17.3 Å². The molecule has 0 spiro atoms. The Morgan fingerprint density at radius 2 is 1.38 bits per heavy atom. The van der Waals surface area contributed by atoms with Crippen LogP contribution in [0.5, 0.6) is 11.5 Å². The van der Waals surface area contributed by atoms with Gasteiger partial charge >= 0.3 is 0 Å². The van der Waals surface area contributed by atoms with Crippen molar-refractivity contribution in [3.05, 3.63) is 30.6 Å². The van der Waals surface area contributed by atoms with Crippen LogP contribution in [0, 0.1) is 0 Å². The molecular formula is C22H31N5O2. The van der Waals surface area contributed by atoms with Gasteiger partial charge in [0, 0.05) is 62.2 Å². The van der Waals surface area contributed by atoms with Gasteiger partial charge in [-0.05, 0) is 32.1 Å². The van der Waals surface area contributed by atoms with Gasteiger partial charge in [-0.3, -0.25) is 0 Å². The normalized spacial score (nSPS) is 17.9. The quantitative estimate of drug-likeness (QED) is 0.799. The largest absolute Gasteiger partial charge is 0.497 e. The molecule has 2 aliphatic rings. The number of anilines is 3. The Morgan fingerprint density at radius 3 is 1.97 bits per heavy atom. The monoisotopic (exact) mass is 397 g/mol.